The molecule has 1 aliphatic rings. The monoisotopic (exact) mass is 441 g/mol. The van der Waals surface area contributed by atoms with Crippen LogP contribution in [0.4, 0.5) is 11.5 Å². The highest BCUT2D eigenvalue weighted by molar-refractivity contribution is 7.09. The predicted octanol–water partition coefficient (Wildman–Crippen LogP) is 3.64. The van der Waals surface area contributed by atoms with E-state index in [1.54, 1.807) is 23.1 Å². The summed E-state index contributed by atoms with van der Waals surface area (Å²) in [6.45, 7) is 2.92. The number of carbonyl (C=O) groups is 2. The van der Waals surface area contributed by atoms with E-state index in [0.29, 0.717) is 35.2 Å². The lowest BCUT2D eigenvalue weighted by atomic mass is 10.1. The van der Waals surface area contributed by atoms with Gasteiger partial charge < -0.3 is 15.5 Å². The molecule has 154 valence electrons. The first-order chi connectivity index (χ1) is 14.5. The highest BCUT2D eigenvalue weighted by Gasteiger charge is 2.26. The molecule has 0 fully saturated rings. The quantitative estimate of drug-likeness (QED) is 0.609. The van der Waals surface area contributed by atoms with Crippen molar-refractivity contribution in [2.24, 2.45) is 0 Å². The van der Waals surface area contributed by atoms with E-state index in [1.165, 1.54) is 17.5 Å². The zero-order valence-electron chi connectivity index (χ0n) is 16.3. The molecule has 3 heterocycles. The van der Waals surface area contributed by atoms with Crippen LogP contribution in [0.1, 0.15) is 33.5 Å². The number of aryl methyl sites for hydroxylation is 1. The van der Waals surface area contributed by atoms with Crippen molar-refractivity contribution in [1.82, 2.24) is 15.3 Å². The van der Waals surface area contributed by atoms with Crippen molar-refractivity contribution in [1.29, 1.82) is 0 Å². The van der Waals surface area contributed by atoms with Crippen molar-refractivity contribution in [3.8, 4) is 0 Å². The first-order valence-electron chi connectivity index (χ1n) is 9.53. The summed E-state index contributed by atoms with van der Waals surface area (Å²) in [5.41, 5.74) is 2.92. The predicted molar refractivity (Wildman–Crippen MR) is 118 cm³/mol. The molecule has 1 aliphatic heterocycles. The molecule has 0 aliphatic carbocycles. The van der Waals surface area contributed by atoms with Crippen LogP contribution in [0.5, 0.6) is 0 Å². The molecule has 0 saturated heterocycles. The van der Waals surface area contributed by atoms with E-state index >= 15 is 0 Å². The van der Waals surface area contributed by atoms with E-state index in [4.69, 9.17) is 11.6 Å². The minimum absolute atomic E-state index is 0.0910. The maximum absolute atomic E-state index is 12.7. The molecule has 0 bridgehead atoms. The largest absolute Gasteiger partial charge is 0.359 e. The molecule has 0 unspecified atom stereocenters. The minimum Gasteiger partial charge on any atom is -0.359 e. The van der Waals surface area contributed by atoms with E-state index in [0.717, 1.165) is 22.7 Å². The molecule has 0 spiro atoms. The second kappa shape index (κ2) is 8.81. The first kappa shape index (κ1) is 20.3. The van der Waals surface area contributed by atoms with Gasteiger partial charge in [0, 0.05) is 16.6 Å². The fourth-order valence-electron chi connectivity index (χ4n) is 3.10. The summed E-state index contributed by atoms with van der Waals surface area (Å²) in [6, 6.07) is 9.01. The zero-order valence-corrected chi connectivity index (χ0v) is 17.9. The Morgan fingerprint density at radius 3 is 2.87 bits per heavy atom. The SMILES string of the molecule is CCc1csc(CNC(=O)c2cnc3c(c2)N(Cc2ccc(Cl)cc2)C(=O)CN3)n1. The van der Waals surface area contributed by atoms with Gasteiger partial charge in [-0.25, -0.2) is 9.97 Å². The van der Waals surface area contributed by atoms with Gasteiger partial charge in [0.15, 0.2) is 5.82 Å². The molecule has 30 heavy (non-hydrogen) atoms. The molecule has 2 amide bonds. The van der Waals surface area contributed by atoms with Crippen molar-refractivity contribution in [3.05, 3.63) is 68.8 Å². The number of aromatic nitrogens is 2. The Bertz CT molecular complexity index is 1080. The Labute approximate surface area is 183 Å². The van der Waals surface area contributed by atoms with Crippen LogP contribution in [0.3, 0.4) is 0 Å². The summed E-state index contributed by atoms with van der Waals surface area (Å²) in [4.78, 5) is 35.6. The molecule has 1 aromatic carbocycles. The van der Waals surface area contributed by atoms with Gasteiger partial charge in [-0.3, -0.25) is 9.59 Å². The lowest BCUT2D eigenvalue weighted by Crippen LogP contribution is -2.40. The minimum atomic E-state index is -0.261. The summed E-state index contributed by atoms with van der Waals surface area (Å²) in [5, 5.41) is 9.36. The number of rotatable bonds is 6. The number of pyridine rings is 1. The number of carbonyl (C=O) groups excluding carboxylic acids is 2. The van der Waals surface area contributed by atoms with Gasteiger partial charge in [-0.05, 0) is 30.2 Å². The van der Waals surface area contributed by atoms with Crippen LogP contribution in [0, 0.1) is 0 Å². The lowest BCUT2D eigenvalue weighted by molar-refractivity contribution is -0.117. The number of hydrogen-bond donors (Lipinski definition) is 2. The molecule has 0 atom stereocenters. The highest BCUT2D eigenvalue weighted by atomic mass is 35.5. The summed E-state index contributed by atoms with van der Waals surface area (Å²) >= 11 is 7.48. The van der Waals surface area contributed by atoms with E-state index < -0.39 is 0 Å². The van der Waals surface area contributed by atoms with Crippen LogP contribution >= 0.6 is 22.9 Å². The van der Waals surface area contributed by atoms with Gasteiger partial charge in [0.2, 0.25) is 5.91 Å². The summed E-state index contributed by atoms with van der Waals surface area (Å²) in [6.07, 6.45) is 2.38. The van der Waals surface area contributed by atoms with Gasteiger partial charge in [-0.1, -0.05) is 30.7 Å². The van der Waals surface area contributed by atoms with Crippen molar-refractivity contribution >= 4 is 46.3 Å². The van der Waals surface area contributed by atoms with Crippen LogP contribution in [-0.4, -0.2) is 28.3 Å². The molecule has 2 N–H and O–H groups in total. The van der Waals surface area contributed by atoms with Crippen LogP contribution in [0.25, 0.3) is 0 Å². The number of nitrogens with one attached hydrogen (secondary N) is 2. The molecule has 9 heteroatoms. The number of hydrogen-bond acceptors (Lipinski definition) is 6. The number of thiazole rings is 1. The number of halogens is 1. The molecule has 2 aromatic heterocycles. The molecule has 0 radical (unpaired) electrons. The summed E-state index contributed by atoms with van der Waals surface area (Å²) in [5.74, 6) is 0.224. The van der Waals surface area contributed by atoms with Crippen LogP contribution < -0.4 is 15.5 Å². The van der Waals surface area contributed by atoms with Gasteiger partial charge in [0.25, 0.3) is 5.91 Å². The van der Waals surface area contributed by atoms with E-state index in [2.05, 4.69) is 20.6 Å². The van der Waals surface area contributed by atoms with Crippen molar-refractivity contribution in [2.75, 3.05) is 16.8 Å². The average molecular weight is 442 g/mol. The lowest BCUT2D eigenvalue weighted by Gasteiger charge is -2.29. The number of benzene rings is 1. The van der Waals surface area contributed by atoms with Crippen LogP contribution in [0.15, 0.2) is 41.9 Å². The molecule has 0 saturated carbocycles. The number of nitrogens with zero attached hydrogens (tertiary/aromatic N) is 3. The molecule has 7 nitrogen and oxygen atoms in total. The molecule has 3 aromatic rings. The van der Waals surface area contributed by atoms with Gasteiger partial charge >= 0.3 is 0 Å². The van der Waals surface area contributed by atoms with Gasteiger partial charge in [0.1, 0.15) is 5.01 Å². The van der Waals surface area contributed by atoms with Crippen LogP contribution in [0.2, 0.25) is 5.02 Å². The third-order valence-electron chi connectivity index (χ3n) is 4.74. The topological polar surface area (TPSA) is 87.2 Å². The zero-order chi connectivity index (χ0) is 21.1. The molecular formula is C21H20ClN5O2S. The van der Waals surface area contributed by atoms with Gasteiger partial charge in [0.05, 0.1) is 36.6 Å². The van der Waals surface area contributed by atoms with Crippen molar-refractivity contribution < 1.29 is 9.59 Å². The number of fused-ring (bicyclic) bond motifs is 1. The van der Waals surface area contributed by atoms with Crippen molar-refractivity contribution in [3.63, 3.8) is 0 Å². The van der Waals surface area contributed by atoms with Gasteiger partial charge in [-0.15, -0.1) is 11.3 Å². The second-order valence-corrected chi connectivity index (χ2v) is 8.20. The first-order valence-corrected chi connectivity index (χ1v) is 10.8. The number of amides is 2. The molecule has 4 rings (SSSR count). The Hall–Kier alpha value is -2.97. The average Bonchev–Trinajstić information content (AvgIpc) is 3.23. The van der Waals surface area contributed by atoms with Crippen LogP contribution in [-0.2, 0) is 24.3 Å². The highest BCUT2D eigenvalue weighted by Crippen LogP contribution is 2.30. The summed E-state index contributed by atoms with van der Waals surface area (Å²) < 4.78 is 0. The fraction of sp³-hybridized carbons (Fsp3) is 0.238. The molecular weight excluding hydrogens is 422 g/mol. The normalized spacial score (nSPS) is 13.0. The van der Waals surface area contributed by atoms with Gasteiger partial charge in [-0.2, -0.15) is 0 Å². The van der Waals surface area contributed by atoms with Crippen molar-refractivity contribution in [2.45, 2.75) is 26.4 Å². The summed E-state index contributed by atoms with van der Waals surface area (Å²) in [7, 11) is 0. The third kappa shape index (κ3) is 4.44. The smallest absolute Gasteiger partial charge is 0.253 e. The maximum atomic E-state index is 12.7. The maximum Gasteiger partial charge on any atom is 0.253 e. The Morgan fingerprint density at radius 1 is 1.33 bits per heavy atom. The second-order valence-electron chi connectivity index (χ2n) is 6.82. The fourth-order valence-corrected chi connectivity index (χ4v) is 4.05. The van der Waals surface area contributed by atoms with E-state index in [-0.39, 0.29) is 18.4 Å². The Balaban J connectivity index is 1.52. The van der Waals surface area contributed by atoms with E-state index in [9.17, 15) is 9.59 Å². The Morgan fingerprint density at radius 2 is 2.13 bits per heavy atom. The standard InChI is InChI=1S/C21H20ClN5O2S/c1-2-16-12-30-18(26-16)9-25-21(29)14-7-17-20(23-8-14)24-10-19(28)27(17)11-13-3-5-15(22)6-4-13/h3-8,12H,2,9-11H2,1H3,(H,23,24)(H,25,29). The Kier molecular flexibility index (Phi) is 5.96. The third-order valence-corrected chi connectivity index (χ3v) is 5.89. The van der Waals surface area contributed by atoms with E-state index in [1.807, 2.05) is 24.4 Å². The number of anilines is 2.